The van der Waals surface area contributed by atoms with Crippen LogP contribution >= 0.6 is 0 Å². The molecule has 0 amide bonds. The van der Waals surface area contributed by atoms with Crippen LogP contribution < -0.4 is 0 Å². The van der Waals surface area contributed by atoms with E-state index in [-0.39, 0.29) is 0 Å². The Balaban J connectivity index is 2.78. The maximum absolute atomic E-state index is 2.38. The molecule has 0 atom stereocenters. The summed E-state index contributed by atoms with van der Waals surface area (Å²) in [5.41, 5.74) is 8.19. The third-order valence-electron chi connectivity index (χ3n) is 4.68. The van der Waals surface area contributed by atoms with Gasteiger partial charge in [-0.1, -0.05) is 61.9 Å². The first-order chi connectivity index (χ1) is 11.5. The van der Waals surface area contributed by atoms with Gasteiger partial charge in [0.2, 0.25) is 0 Å². The molecule has 126 valence electrons. The van der Waals surface area contributed by atoms with Gasteiger partial charge < -0.3 is 0 Å². The van der Waals surface area contributed by atoms with Crippen LogP contribution in [0.4, 0.5) is 0 Å². The summed E-state index contributed by atoms with van der Waals surface area (Å²) in [5.74, 6) is 0. The van der Waals surface area contributed by atoms with Crippen LogP contribution in [0.2, 0.25) is 0 Å². The largest absolute Gasteiger partial charge is 0.0877 e. The number of benzene rings is 2. The van der Waals surface area contributed by atoms with E-state index in [2.05, 4.69) is 90.1 Å². The molecule has 0 heterocycles. The Morgan fingerprint density at radius 1 is 0.875 bits per heavy atom. The second-order valence-electron chi connectivity index (χ2n) is 6.66. The van der Waals surface area contributed by atoms with E-state index in [9.17, 15) is 0 Å². The van der Waals surface area contributed by atoms with Crippen molar-refractivity contribution in [1.29, 1.82) is 0 Å². The summed E-state index contributed by atoms with van der Waals surface area (Å²) in [6, 6.07) is 9.12. The number of hydrogen-bond donors (Lipinski definition) is 0. The first kappa shape index (κ1) is 18.3. The monoisotopic (exact) mass is 318 g/mol. The van der Waals surface area contributed by atoms with Crippen LogP contribution in [0, 0.1) is 13.8 Å². The average Bonchev–Trinajstić information content (AvgIpc) is 2.57. The Hall–Kier alpha value is -2.08. The number of fused-ring (bicyclic) bond motifs is 1. The summed E-state index contributed by atoms with van der Waals surface area (Å²) in [6.07, 6.45) is 11.1. The lowest BCUT2D eigenvalue weighted by molar-refractivity contribution is 0.959. The second-order valence-corrected chi connectivity index (χ2v) is 6.66. The minimum absolute atomic E-state index is 1.14. The fraction of sp³-hybridized carbons (Fsp3) is 0.333. The van der Waals surface area contributed by atoms with Crippen molar-refractivity contribution in [3.63, 3.8) is 0 Å². The zero-order chi connectivity index (χ0) is 17.7. The van der Waals surface area contributed by atoms with Crippen molar-refractivity contribution in [3.8, 4) is 0 Å². The second kappa shape index (κ2) is 8.15. The Morgan fingerprint density at radius 3 is 1.92 bits per heavy atom. The van der Waals surface area contributed by atoms with Gasteiger partial charge in [0.05, 0.1) is 0 Å². The Labute approximate surface area is 147 Å². The van der Waals surface area contributed by atoms with Gasteiger partial charge in [-0.05, 0) is 85.2 Å². The Morgan fingerprint density at radius 2 is 1.42 bits per heavy atom. The molecule has 0 aliphatic carbocycles. The molecular weight excluding hydrogens is 288 g/mol. The summed E-state index contributed by atoms with van der Waals surface area (Å²) in [4.78, 5) is 0. The van der Waals surface area contributed by atoms with Crippen LogP contribution in [0.1, 0.15) is 62.8 Å². The van der Waals surface area contributed by atoms with Crippen LogP contribution in [-0.2, 0) is 0 Å². The molecule has 0 unspecified atom stereocenters. The third kappa shape index (κ3) is 3.70. The molecule has 0 aromatic heterocycles. The van der Waals surface area contributed by atoms with Crippen molar-refractivity contribution in [3.05, 3.63) is 70.8 Å². The molecule has 0 spiro atoms. The van der Waals surface area contributed by atoms with Crippen LogP contribution in [0.25, 0.3) is 21.9 Å². The number of unbranched alkanes of at least 4 members (excludes halogenated alkanes) is 1. The van der Waals surface area contributed by atoms with E-state index in [1.807, 2.05) is 0 Å². The normalized spacial score (nSPS) is 13.2. The maximum atomic E-state index is 2.38. The molecule has 24 heavy (non-hydrogen) atoms. The first-order valence-corrected chi connectivity index (χ1v) is 9.01. The topological polar surface area (TPSA) is 0 Å². The fourth-order valence-corrected chi connectivity index (χ4v) is 3.46. The average molecular weight is 319 g/mol. The minimum Gasteiger partial charge on any atom is -0.0877 e. The highest BCUT2D eigenvalue weighted by Crippen LogP contribution is 2.34. The quantitative estimate of drug-likeness (QED) is 0.497. The van der Waals surface area contributed by atoms with Crippen molar-refractivity contribution in [2.24, 2.45) is 0 Å². The summed E-state index contributed by atoms with van der Waals surface area (Å²) in [6.45, 7) is 13.2. The number of rotatable bonds is 5. The van der Waals surface area contributed by atoms with Crippen molar-refractivity contribution in [2.75, 3.05) is 0 Å². The van der Waals surface area contributed by atoms with Crippen LogP contribution in [0.5, 0.6) is 0 Å². The maximum Gasteiger partial charge on any atom is -0.00998 e. The van der Waals surface area contributed by atoms with E-state index in [1.54, 1.807) is 0 Å². The smallest absolute Gasteiger partial charge is 0.00998 e. The number of allylic oxidation sites excluding steroid dienone is 6. The predicted octanol–water partition coefficient (Wildman–Crippen LogP) is 7.64. The molecule has 2 aromatic carbocycles. The Bertz CT molecular complexity index is 814. The molecular formula is C24H30. The molecule has 0 saturated carbocycles. The van der Waals surface area contributed by atoms with Crippen molar-refractivity contribution in [1.82, 2.24) is 0 Å². The lowest BCUT2D eigenvalue weighted by Gasteiger charge is -2.16. The van der Waals surface area contributed by atoms with E-state index in [4.69, 9.17) is 0 Å². The highest BCUT2D eigenvalue weighted by Gasteiger charge is 2.12. The van der Waals surface area contributed by atoms with Gasteiger partial charge in [0, 0.05) is 0 Å². The molecule has 0 aliphatic rings. The number of hydrogen-bond acceptors (Lipinski definition) is 0. The number of aryl methyl sites for hydroxylation is 2. The summed E-state index contributed by atoms with van der Waals surface area (Å²) < 4.78 is 0. The predicted molar refractivity (Wildman–Crippen MR) is 110 cm³/mol. The molecule has 0 fully saturated rings. The highest BCUT2D eigenvalue weighted by molar-refractivity contribution is 6.01. The van der Waals surface area contributed by atoms with Gasteiger partial charge in [-0.15, -0.1) is 0 Å². The van der Waals surface area contributed by atoms with Crippen molar-refractivity contribution < 1.29 is 0 Å². The van der Waals surface area contributed by atoms with E-state index in [1.165, 1.54) is 50.6 Å². The van der Waals surface area contributed by atoms with Crippen LogP contribution in [-0.4, -0.2) is 0 Å². The zero-order valence-corrected chi connectivity index (χ0v) is 16.0. The fourth-order valence-electron chi connectivity index (χ4n) is 3.46. The standard InChI is InChI=1S/C24H30/c1-7-9-11-17(3)23-19(5)13-16-22-21(23)15-14-20(6)24(22)18(4)12-10-8-2/h7,9,11-16H,8,10H2,1-6H3/b9-7-,17-11+,18-12+. The highest BCUT2D eigenvalue weighted by atomic mass is 14.2. The van der Waals surface area contributed by atoms with Crippen molar-refractivity contribution in [2.45, 2.75) is 54.4 Å². The van der Waals surface area contributed by atoms with Gasteiger partial charge >= 0.3 is 0 Å². The summed E-state index contributed by atoms with van der Waals surface area (Å²) in [5, 5.41) is 2.73. The molecule has 0 saturated heterocycles. The van der Waals surface area contributed by atoms with E-state index < -0.39 is 0 Å². The van der Waals surface area contributed by atoms with Gasteiger partial charge in [-0.3, -0.25) is 0 Å². The van der Waals surface area contributed by atoms with Gasteiger partial charge in [0.15, 0.2) is 0 Å². The molecule has 0 heteroatoms. The van der Waals surface area contributed by atoms with E-state index in [0.29, 0.717) is 0 Å². The van der Waals surface area contributed by atoms with Gasteiger partial charge in [-0.2, -0.15) is 0 Å². The molecule has 0 aliphatic heterocycles. The summed E-state index contributed by atoms with van der Waals surface area (Å²) >= 11 is 0. The molecule has 0 radical (unpaired) electrons. The first-order valence-electron chi connectivity index (χ1n) is 9.01. The third-order valence-corrected chi connectivity index (χ3v) is 4.68. The van der Waals surface area contributed by atoms with Gasteiger partial charge in [0.1, 0.15) is 0 Å². The molecule has 2 rings (SSSR count). The van der Waals surface area contributed by atoms with Crippen LogP contribution in [0.15, 0.2) is 48.6 Å². The SMILES string of the molecule is C/C=C\C=C(/C)c1c(C)ccc2c(/C(C)=C/CCC)c(C)ccc12. The Kier molecular flexibility index (Phi) is 6.20. The molecule has 0 bridgehead atoms. The minimum atomic E-state index is 1.14. The molecule has 2 aromatic rings. The van der Waals surface area contributed by atoms with Crippen molar-refractivity contribution >= 4 is 21.9 Å². The van der Waals surface area contributed by atoms with Crippen LogP contribution in [0.3, 0.4) is 0 Å². The molecule has 0 nitrogen and oxygen atoms in total. The lowest BCUT2D eigenvalue weighted by Crippen LogP contribution is -1.94. The molecule has 0 N–H and O–H groups in total. The van der Waals surface area contributed by atoms with Gasteiger partial charge in [-0.25, -0.2) is 0 Å². The van der Waals surface area contributed by atoms with E-state index >= 15 is 0 Å². The van der Waals surface area contributed by atoms with Gasteiger partial charge in [0.25, 0.3) is 0 Å². The summed E-state index contributed by atoms with van der Waals surface area (Å²) in [7, 11) is 0. The van der Waals surface area contributed by atoms with E-state index in [0.717, 1.165) is 6.42 Å². The zero-order valence-electron chi connectivity index (χ0n) is 16.0. The lowest BCUT2D eigenvalue weighted by atomic mass is 9.88.